The first-order chi connectivity index (χ1) is 8.22. The fourth-order valence-electron chi connectivity index (χ4n) is 3.01. The second-order valence-electron chi connectivity index (χ2n) is 4.94. The molecule has 2 aliphatic rings. The van der Waals surface area contributed by atoms with Gasteiger partial charge in [0.15, 0.2) is 5.15 Å². The molecule has 5 heteroatoms. The van der Waals surface area contributed by atoms with Crippen molar-refractivity contribution in [3.8, 4) is 5.88 Å². The summed E-state index contributed by atoms with van der Waals surface area (Å²) in [5.41, 5.74) is 0. The minimum absolute atomic E-state index is 0.261. The van der Waals surface area contributed by atoms with Crippen LogP contribution in [0.25, 0.3) is 0 Å². The molecular weight excluding hydrogens is 238 g/mol. The molecular formula is C12H16ClN3O. The van der Waals surface area contributed by atoms with Crippen LogP contribution in [-0.2, 0) is 0 Å². The molecule has 3 atom stereocenters. The van der Waals surface area contributed by atoms with Crippen LogP contribution in [0.3, 0.4) is 0 Å². The molecule has 92 valence electrons. The highest BCUT2D eigenvalue weighted by molar-refractivity contribution is 6.29. The van der Waals surface area contributed by atoms with Crippen molar-refractivity contribution in [2.24, 2.45) is 0 Å². The number of halogens is 1. The van der Waals surface area contributed by atoms with Gasteiger partial charge in [-0.05, 0) is 32.7 Å². The number of ether oxygens (including phenoxy) is 1. The van der Waals surface area contributed by atoms with Crippen LogP contribution in [0.15, 0.2) is 12.4 Å². The summed E-state index contributed by atoms with van der Waals surface area (Å²) in [5, 5.41) is 0.387. The molecule has 0 saturated carbocycles. The summed E-state index contributed by atoms with van der Waals surface area (Å²) in [6.45, 7) is 0. The van der Waals surface area contributed by atoms with Crippen molar-refractivity contribution >= 4 is 11.6 Å². The van der Waals surface area contributed by atoms with E-state index < -0.39 is 0 Å². The Labute approximate surface area is 106 Å². The lowest BCUT2D eigenvalue weighted by Crippen LogP contribution is -2.43. The summed E-state index contributed by atoms with van der Waals surface area (Å²) in [5.74, 6) is 0.548. The van der Waals surface area contributed by atoms with E-state index in [1.165, 1.54) is 19.0 Å². The van der Waals surface area contributed by atoms with Crippen LogP contribution < -0.4 is 4.74 Å². The summed E-state index contributed by atoms with van der Waals surface area (Å²) < 4.78 is 5.88. The monoisotopic (exact) mass is 253 g/mol. The van der Waals surface area contributed by atoms with E-state index in [0.717, 1.165) is 12.8 Å². The minimum atomic E-state index is 0.261. The van der Waals surface area contributed by atoms with Crippen LogP contribution in [0, 0.1) is 0 Å². The minimum Gasteiger partial charge on any atom is -0.473 e. The molecule has 3 rings (SSSR count). The maximum atomic E-state index is 5.88. The van der Waals surface area contributed by atoms with Gasteiger partial charge in [0.2, 0.25) is 5.88 Å². The number of nitrogens with zero attached hydrogens (tertiary/aromatic N) is 3. The standard InChI is InChI=1S/C12H16ClN3O/c1-16-8-2-3-9(16)5-10(4-8)17-12-7-14-6-11(13)15-12/h6-10H,2-5H2,1H3/t8-,9+,10?. The maximum absolute atomic E-state index is 5.88. The fraction of sp³-hybridized carbons (Fsp3) is 0.667. The average molecular weight is 254 g/mol. The molecule has 0 aliphatic carbocycles. The lowest BCUT2D eigenvalue weighted by molar-refractivity contribution is 0.0630. The van der Waals surface area contributed by atoms with E-state index in [-0.39, 0.29) is 6.10 Å². The normalized spacial score (nSPS) is 32.7. The highest BCUT2D eigenvalue weighted by Crippen LogP contribution is 2.35. The lowest BCUT2D eigenvalue weighted by atomic mass is 10.0. The Balaban J connectivity index is 1.67. The Bertz CT molecular complexity index is 400. The predicted octanol–water partition coefficient (Wildman–Crippen LogP) is 2.13. The van der Waals surface area contributed by atoms with Gasteiger partial charge in [-0.15, -0.1) is 0 Å². The highest BCUT2D eigenvalue weighted by Gasteiger charge is 2.39. The second kappa shape index (κ2) is 4.42. The van der Waals surface area contributed by atoms with Crippen LogP contribution in [-0.4, -0.2) is 40.1 Å². The van der Waals surface area contributed by atoms with Crippen molar-refractivity contribution < 1.29 is 4.74 Å². The van der Waals surface area contributed by atoms with E-state index in [9.17, 15) is 0 Å². The number of aromatic nitrogens is 2. The smallest absolute Gasteiger partial charge is 0.234 e. The predicted molar refractivity (Wildman–Crippen MR) is 65.3 cm³/mol. The van der Waals surface area contributed by atoms with Gasteiger partial charge in [-0.3, -0.25) is 4.98 Å². The number of hydrogen-bond donors (Lipinski definition) is 0. The van der Waals surface area contributed by atoms with Crippen molar-refractivity contribution in [1.82, 2.24) is 14.9 Å². The van der Waals surface area contributed by atoms with Crippen molar-refractivity contribution in [2.75, 3.05) is 7.05 Å². The summed E-state index contributed by atoms with van der Waals surface area (Å²) in [6.07, 6.45) is 8.17. The van der Waals surface area contributed by atoms with E-state index in [1.54, 1.807) is 6.20 Å². The van der Waals surface area contributed by atoms with Crippen LogP contribution in [0.2, 0.25) is 5.15 Å². The Morgan fingerprint density at radius 3 is 2.65 bits per heavy atom. The van der Waals surface area contributed by atoms with Crippen molar-refractivity contribution in [3.05, 3.63) is 17.5 Å². The molecule has 0 N–H and O–H groups in total. The number of fused-ring (bicyclic) bond motifs is 2. The van der Waals surface area contributed by atoms with Crippen LogP contribution in [0.5, 0.6) is 5.88 Å². The van der Waals surface area contributed by atoms with Gasteiger partial charge in [0.1, 0.15) is 6.10 Å². The zero-order valence-corrected chi connectivity index (χ0v) is 10.6. The van der Waals surface area contributed by atoms with Gasteiger partial charge >= 0.3 is 0 Å². The van der Waals surface area contributed by atoms with Gasteiger partial charge in [0.05, 0.1) is 12.4 Å². The zero-order chi connectivity index (χ0) is 11.8. The summed E-state index contributed by atoms with van der Waals surface area (Å²) in [4.78, 5) is 10.6. The van der Waals surface area contributed by atoms with Crippen molar-refractivity contribution in [2.45, 2.75) is 43.9 Å². The van der Waals surface area contributed by atoms with Gasteiger partial charge in [-0.2, -0.15) is 4.98 Å². The molecule has 4 nitrogen and oxygen atoms in total. The summed E-state index contributed by atoms with van der Waals surface area (Å²) in [6, 6.07) is 1.34. The van der Waals surface area contributed by atoms with Crippen LogP contribution in [0.4, 0.5) is 0 Å². The highest BCUT2D eigenvalue weighted by atomic mass is 35.5. The first-order valence-corrected chi connectivity index (χ1v) is 6.46. The third kappa shape index (κ3) is 2.24. The van der Waals surface area contributed by atoms with Gasteiger partial charge in [-0.25, -0.2) is 0 Å². The van der Waals surface area contributed by atoms with Crippen LogP contribution >= 0.6 is 11.6 Å². The molecule has 2 aliphatic heterocycles. The van der Waals surface area contributed by atoms with E-state index in [2.05, 4.69) is 21.9 Å². The van der Waals surface area contributed by atoms with E-state index in [1.807, 2.05) is 0 Å². The zero-order valence-electron chi connectivity index (χ0n) is 9.84. The Kier molecular flexibility index (Phi) is 2.92. The lowest BCUT2D eigenvalue weighted by Gasteiger charge is -2.35. The van der Waals surface area contributed by atoms with E-state index in [0.29, 0.717) is 23.1 Å². The van der Waals surface area contributed by atoms with Gasteiger partial charge in [-0.1, -0.05) is 11.6 Å². The second-order valence-corrected chi connectivity index (χ2v) is 5.33. The molecule has 1 unspecified atom stereocenters. The maximum Gasteiger partial charge on any atom is 0.234 e. The first kappa shape index (κ1) is 11.2. The molecule has 0 radical (unpaired) electrons. The van der Waals surface area contributed by atoms with Crippen molar-refractivity contribution in [3.63, 3.8) is 0 Å². The third-order valence-corrected chi connectivity index (χ3v) is 4.11. The molecule has 0 amide bonds. The molecule has 1 aromatic rings. The number of piperidine rings is 1. The fourth-order valence-corrected chi connectivity index (χ4v) is 3.15. The largest absolute Gasteiger partial charge is 0.473 e. The Morgan fingerprint density at radius 2 is 2.00 bits per heavy atom. The first-order valence-electron chi connectivity index (χ1n) is 6.08. The Morgan fingerprint density at radius 1 is 1.29 bits per heavy atom. The number of hydrogen-bond acceptors (Lipinski definition) is 4. The van der Waals surface area contributed by atoms with E-state index >= 15 is 0 Å². The topological polar surface area (TPSA) is 38.2 Å². The molecule has 2 fully saturated rings. The van der Waals surface area contributed by atoms with Crippen molar-refractivity contribution in [1.29, 1.82) is 0 Å². The quantitative estimate of drug-likeness (QED) is 0.809. The van der Waals surface area contributed by atoms with Crippen LogP contribution in [0.1, 0.15) is 25.7 Å². The summed E-state index contributed by atoms with van der Waals surface area (Å²) in [7, 11) is 2.22. The van der Waals surface area contributed by atoms with Gasteiger partial charge in [0.25, 0.3) is 0 Å². The third-order valence-electron chi connectivity index (χ3n) is 3.93. The SMILES string of the molecule is CN1[C@@H]2CC[C@H]1CC(Oc1cncc(Cl)n1)C2. The molecule has 0 aromatic carbocycles. The molecule has 0 spiro atoms. The average Bonchev–Trinajstić information content (AvgIpc) is 2.52. The molecule has 2 bridgehead atoms. The molecule has 17 heavy (non-hydrogen) atoms. The van der Waals surface area contributed by atoms with Gasteiger partial charge in [0, 0.05) is 12.1 Å². The van der Waals surface area contributed by atoms with E-state index in [4.69, 9.17) is 16.3 Å². The molecule has 1 aromatic heterocycles. The number of rotatable bonds is 2. The molecule has 3 heterocycles. The molecule has 2 saturated heterocycles. The summed E-state index contributed by atoms with van der Waals surface area (Å²) >= 11 is 5.79. The van der Waals surface area contributed by atoms with Gasteiger partial charge < -0.3 is 9.64 Å². The Hall–Kier alpha value is -0.870.